The molecule has 7 nitrogen and oxygen atoms in total. The summed E-state index contributed by atoms with van der Waals surface area (Å²) in [4.78, 5) is 24.7. The lowest BCUT2D eigenvalue weighted by Crippen LogP contribution is -2.13. The third-order valence-electron chi connectivity index (χ3n) is 3.23. The smallest absolute Gasteiger partial charge is 0.275 e. The summed E-state index contributed by atoms with van der Waals surface area (Å²) in [5, 5.41) is 4.73. The van der Waals surface area contributed by atoms with Crippen LogP contribution in [0.2, 0.25) is 0 Å². The summed E-state index contributed by atoms with van der Waals surface area (Å²) in [5.41, 5.74) is 0.510. The molecule has 9 heteroatoms. The average Bonchev–Trinajstić information content (AvgIpc) is 3.15. The summed E-state index contributed by atoms with van der Waals surface area (Å²) in [5.74, 6) is -0.483. The molecule has 1 amide bonds. The molecule has 2 heterocycles. The Balaban J connectivity index is 1.66. The van der Waals surface area contributed by atoms with Crippen molar-refractivity contribution in [3.8, 4) is 16.6 Å². The number of rotatable bonds is 7. The van der Waals surface area contributed by atoms with Crippen LogP contribution in [-0.2, 0) is 4.74 Å². The minimum Gasteiger partial charge on any atom is -0.488 e. The average molecular weight is 374 g/mol. The van der Waals surface area contributed by atoms with Crippen molar-refractivity contribution in [2.75, 3.05) is 25.6 Å². The molecule has 3 aromatic rings. The first-order valence-electron chi connectivity index (χ1n) is 7.63. The van der Waals surface area contributed by atoms with E-state index in [-0.39, 0.29) is 18.1 Å². The molecule has 0 atom stereocenters. The fraction of sp³-hybridized carbons (Fsp3) is 0.176. The largest absolute Gasteiger partial charge is 0.488 e. The normalized spacial score (nSPS) is 10.5. The molecule has 26 heavy (non-hydrogen) atoms. The van der Waals surface area contributed by atoms with Crippen LogP contribution in [0.5, 0.6) is 5.75 Å². The van der Waals surface area contributed by atoms with E-state index in [0.29, 0.717) is 23.1 Å². The van der Waals surface area contributed by atoms with Crippen LogP contribution in [0.25, 0.3) is 10.8 Å². The van der Waals surface area contributed by atoms with Gasteiger partial charge in [-0.3, -0.25) is 4.79 Å². The van der Waals surface area contributed by atoms with Crippen molar-refractivity contribution in [1.82, 2.24) is 15.0 Å². The van der Waals surface area contributed by atoms with Gasteiger partial charge in [-0.1, -0.05) is 0 Å². The number of aromatic nitrogens is 3. The fourth-order valence-corrected chi connectivity index (χ4v) is 2.76. The highest BCUT2D eigenvalue weighted by Crippen LogP contribution is 2.23. The van der Waals surface area contributed by atoms with Crippen LogP contribution in [0.1, 0.15) is 10.5 Å². The molecule has 0 spiro atoms. The number of carbonyl (C=O) groups is 1. The zero-order chi connectivity index (χ0) is 18.4. The Morgan fingerprint density at radius 3 is 2.81 bits per heavy atom. The molecule has 0 fully saturated rings. The van der Waals surface area contributed by atoms with Crippen molar-refractivity contribution in [2.45, 2.75) is 0 Å². The SMILES string of the molecule is COCCOc1ccc(NC(=O)c2csc(-c3ncccn3)n2)cc1F. The topological polar surface area (TPSA) is 86.2 Å². The first kappa shape index (κ1) is 17.9. The van der Waals surface area contributed by atoms with E-state index >= 15 is 0 Å². The first-order chi connectivity index (χ1) is 12.7. The Kier molecular flexibility index (Phi) is 5.82. The number of anilines is 1. The van der Waals surface area contributed by atoms with E-state index in [2.05, 4.69) is 20.3 Å². The summed E-state index contributed by atoms with van der Waals surface area (Å²) in [6.45, 7) is 0.595. The third kappa shape index (κ3) is 4.38. The number of thiazole rings is 1. The molecular weight excluding hydrogens is 359 g/mol. The highest BCUT2D eigenvalue weighted by molar-refractivity contribution is 7.13. The standard InChI is InChI=1S/C17H15FN4O3S/c1-24-7-8-25-14-4-3-11(9-12(14)18)21-16(23)13-10-26-17(22-13)15-19-5-2-6-20-15/h2-6,9-10H,7-8H2,1H3,(H,21,23). The maximum Gasteiger partial charge on any atom is 0.275 e. The highest BCUT2D eigenvalue weighted by Gasteiger charge is 2.14. The molecular formula is C17H15FN4O3S. The van der Waals surface area contributed by atoms with Gasteiger partial charge in [0.15, 0.2) is 22.4 Å². The maximum atomic E-state index is 14.0. The van der Waals surface area contributed by atoms with Crippen molar-refractivity contribution < 1.29 is 18.7 Å². The van der Waals surface area contributed by atoms with Gasteiger partial charge in [-0.25, -0.2) is 19.3 Å². The number of benzene rings is 1. The van der Waals surface area contributed by atoms with Crippen molar-refractivity contribution in [3.63, 3.8) is 0 Å². The molecule has 134 valence electrons. The summed E-state index contributed by atoms with van der Waals surface area (Å²) in [6.07, 6.45) is 3.20. The number of ether oxygens (including phenoxy) is 2. The van der Waals surface area contributed by atoms with E-state index in [1.165, 1.54) is 30.6 Å². The summed E-state index contributed by atoms with van der Waals surface area (Å²) in [6, 6.07) is 5.89. The van der Waals surface area contributed by atoms with Crippen LogP contribution in [-0.4, -0.2) is 41.2 Å². The molecule has 0 unspecified atom stereocenters. The third-order valence-corrected chi connectivity index (χ3v) is 4.07. The van der Waals surface area contributed by atoms with Gasteiger partial charge >= 0.3 is 0 Å². The van der Waals surface area contributed by atoms with E-state index in [4.69, 9.17) is 9.47 Å². The van der Waals surface area contributed by atoms with E-state index in [9.17, 15) is 9.18 Å². The zero-order valence-corrected chi connectivity index (χ0v) is 14.6. The quantitative estimate of drug-likeness (QED) is 0.640. The van der Waals surface area contributed by atoms with Crippen molar-refractivity contribution >= 4 is 22.9 Å². The Morgan fingerprint density at radius 2 is 2.08 bits per heavy atom. The number of nitrogens with one attached hydrogen (secondary N) is 1. The monoisotopic (exact) mass is 374 g/mol. The Morgan fingerprint density at radius 1 is 1.27 bits per heavy atom. The van der Waals surface area contributed by atoms with E-state index in [0.717, 1.165) is 0 Å². The molecule has 0 bridgehead atoms. The van der Waals surface area contributed by atoms with Gasteiger partial charge < -0.3 is 14.8 Å². The zero-order valence-electron chi connectivity index (χ0n) is 13.8. The molecule has 3 rings (SSSR count). The lowest BCUT2D eigenvalue weighted by Gasteiger charge is -2.08. The minimum absolute atomic E-state index is 0.0946. The lowest BCUT2D eigenvalue weighted by atomic mass is 10.2. The number of hydrogen-bond acceptors (Lipinski definition) is 7. The van der Waals surface area contributed by atoms with Crippen LogP contribution in [0.3, 0.4) is 0 Å². The number of hydrogen-bond donors (Lipinski definition) is 1. The van der Waals surface area contributed by atoms with E-state index in [1.807, 2.05) is 0 Å². The molecule has 2 aromatic heterocycles. The second-order valence-corrected chi connectivity index (χ2v) is 5.91. The van der Waals surface area contributed by atoms with Gasteiger partial charge in [0.2, 0.25) is 0 Å². The van der Waals surface area contributed by atoms with Crippen molar-refractivity contribution in [1.29, 1.82) is 0 Å². The van der Waals surface area contributed by atoms with Gasteiger partial charge in [-0.15, -0.1) is 11.3 Å². The molecule has 0 radical (unpaired) electrons. The van der Waals surface area contributed by atoms with Gasteiger partial charge in [0.05, 0.1) is 6.61 Å². The van der Waals surface area contributed by atoms with Crippen LogP contribution >= 0.6 is 11.3 Å². The fourth-order valence-electron chi connectivity index (χ4n) is 2.02. The van der Waals surface area contributed by atoms with Crippen molar-refractivity contribution in [3.05, 3.63) is 53.6 Å². The number of nitrogens with zero attached hydrogens (tertiary/aromatic N) is 3. The molecule has 0 aliphatic rings. The van der Waals surface area contributed by atoms with Crippen LogP contribution in [0.4, 0.5) is 10.1 Å². The van der Waals surface area contributed by atoms with Gasteiger partial charge in [-0.2, -0.15) is 0 Å². The number of halogens is 1. The molecule has 0 aliphatic heterocycles. The predicted octanol–water partition coefficient (Wildman–Crippen LogP) is 3.02. The summed E-state index contributed by atoms with van der Waals surface area (Å²) >= 11 is 1.26. The van der Waals surface area contributed by atoms with Crippen molar-refractivity contribution in [2.24, 2.45) is 0 Å². The van der Waals surface area contributed by atoms with E-state index < -0.39 is 11.7 Å². The van der Waals surface area contributed by atoms with Crippen LogP contribution in [0, 0.1) is 5.82 Å². The molecule has 0 aliphatic carbocycles. The molecule has 0 saturated carbocycles. The lowest BCUT2D eigenvalue weighted by molar-refractivity contribution is 0.102. The summed E-state index contributed by atoms with van der Waals surface area (Å²) < 4.78 is 24.1. The second kappa shape index (κ2) is 8.45. The number of carbonyl (C=O) groups excluding carboxylic acids is 1. The highest BCUT2D eigenvalue weighted by atomic mass is 32.1. The molecule has 1 N–H and O–H groups in total. The van der Waals surface area contributed by atoms with Crippen LogP contribution in [0.15, 0.2) is 42.0 Å². The van der Waals surface area contributed by atoms with Gasteiger partial charge in [0.1, 0.15) is 12.3 Å². The maximum absolute atomic E-state index is 14.0. The van der Waals surface area contributed by atoms with Gasteiger partial charge in [0, 0.05) is 36.6 Å². The van der Waals surface area contributed by atoms with Crippen LogP contribution < -0.4 is 10.1 Å². The molecule has 1 aromatic carbocycles. The predicted molar refractivity (Wildman–Crippen MR) is 94.9 cm³/mol. The number of amides is 1. The van der Waals surface area contributed by atoms with Gasteiger partial charge in [-0.05, 0) is 18.2 Å². The Bertz CT molecular complexity index is 889. The minimum atomic E-state index is -0.574. The Hall–Kier alpha value is -2.91. The summed E-state index contributed by atoms with van der Waals surface area (Å²) in [7, 11) is 1.53. The van der Waals surface area contributed by atoms with E-state index in [1.54, 1.807) is 29.9 Å². The number of methoxy groups -OCH3 is 1. The Labute approximate surface area is 152 Å². The first-order valence-corrected chi connectivity index (χ1v) is 8.51. The second-order valence-electron chi connectivity index (χ2n) is 5.05. The van der Waals surface area contributed by atoms with Gasteiger partial charge in [0.25, 0.3) is 5.91 Å². The molecule has 0 saturated heterocycles.